The largest absolute Gasteiger partial charge is 0.337 e. The fourth-order valence-corrected chi connectivity index (χ4v) is 4.92. The number of hydrazine groups is 1. The molecule has 1 fully saturated rings. The molecular weight excluding hydrogens is 290 g/mol. The zero-order valence-electron chi connectivity index (χ0n) is 12.6. The molecule has 3 N–H and O–H groups in total. The Bertz CT molecular complexity index is 516. The molecule has 120 valence electrons. The van der Waals surface area contributed by atoms with Crippen LogP contribution in [0.25, 0.3) is 0 Å². The predicted octanol–water partition coefficient (Wildman–Crippen LogP) is 1.26. The number of nitrogens with one attached hydrogen (secondary N) is 3. The molecule has 1 heterocycles. The number of carbonyl (C=O) groups is 1. The number of urea groups is 1. The maximum absolute atomic E-state index is 11.7. The minimum absolute atomic E-state index is 0.0627. The number of allylic oxidation sites excluding steroid dienone is 1. The molecule has 6 nitrogen and oxygen atoms in total. The third-order valence-electron chi connectivity index (χ3n) is 4.10. The first-order chi connectivity index (χ1) is 9.89. The van der Waals surface area contributed by atoms with Crippen molar-refractivity contribution in [1.82, 2.24) is 16.2 Å². The van der Waals surface area contributed by atoms with Crippen LogP contribution < -0.4 is 16.2 Å². The number of amides is 2. The van der Waals surface area contributed by atoms with Crippen LogP contribution in [0.2, 0.25) is 0 Å². The van der Waals surface area contributed by atoms with Crippen molar-refractivity contribution in [2.24, 2.45) is 0 Å². The average Bonchev–Trinajstić information content (AvgIpc) is 2.72. The standard InChI is InChI=1S/C14H25N3O3S/c1-14(8-10-21(19,20)11-14)17-16-13(18)15-9-7-12-5-3-2-4-6-12/h5,17H,2-4,6-11H2,1H3,(H2,15,16,18)/t14-/m1/s1. The number of hydrogen-bond acceptors (Lipinski definition) is 4. The van der Waals surface area contributed by atoms with Gasteiger partial charge in [-0.05, 0) is 45.4 Å². The lowest BCUT2D eigenvalue weighted by Gasteiger charge is -2.24. The van der Waals surface area contributed by atoms with Crippen LogP contribution in [0.5, 0.6) is 0 Å². The molecule has 0 unspecified atom stereocenters. The van der Waals surface area contributed by atoms with Gasteiger partial charge in [0.05, 0.1) is 11.5 Å². The molecule has 0 spiro atoms. The van der Waals surface area contributed by atoms with Gasteiger partial charge in [-0.25, -0.2) is 18.6 Å². The first kappa shape index (κ1) is 16.3. The Balaban J connectivity index is 1.65. The highest BCUT2D eigenvalue weighted by molar-refractivity contribution is 7.91. The van der Waals surface area contributed by atoms with Gasteiger partial charge in [0.25, 0.3) is 0 Å². The molecule has 0 aromatic carbocycles. The molecule has 0 radical (unpaired) electrons. The molecule has 0 saturated carbocycles. The van der Waals surface area contributed by atoms with Crippen molar-refractivity contribution in [3.63, 3.8) is 0 Å². The van der Waals surface area contributed by atoms with Crippen LogP contribution in [0.3, 0.4) is 0 Å². The Kier molecular flexibility index (Phi) is 5.27. The van der Waals surface area contributed by atoms with E-state index in [2.05, 4.69) is 22.2 Å². The van der Waals surface area contributed by atoms with E-state index in [1.807, 2.05) is 6.92 Å². The number of sulfone groups is 1. The molecule has 7 heteroatoms. The second-order valence-electron chi connectivity index (χ2n) is 6.27. The van der Waals surface area contributed by atoms with Gasteiger partial charge in [0, 0.05) is 12.1 Å². The van der Waals surface area contributed by atoms with E-state index in [0.717, 1.165) is 19.3 Å². The summed E-state index contributed by atoms with van der Waals surface area (Å²) in [5, 5.41) is 2.79. The zero-order chi connectivity index (χ0) is 15.3. The number of hydrogen-bond donors (Lipinski definition) is 3. The van der Waals surface area contributed by atoms with E-state index >= 15 is 0 Å². The van der Waals surface area contributed by atoms with E-state index in [-0.39, 0.29) is 17.5 Å². The van der Waals surface area contributed by atoms with Crippen LogP contribution >= 0.6 is 0 Å². The van der Waals surface area contributed by atoms with Crippen molar-refractivity contribution in [3.8, 4) is 0 Å². The molecule has 1 atom stereocenters. The summed E-state index contributed by atoms with van der Waals surface area (Å²) in [6.07, 6.45) is 8.47. The van der Waals surface area contributed by atoms with Crippen molar-refractivity contribution in [2.45, 2.75) is 51.0 Å². The van der Waals surface area contributed by atoms with Gasteiger partial charge in [-0.2, -0.15) is 0 Å². The maximum atomic E-state index is 11.7. The Hall–Kier alpha value is -1.08. The van der Waals surface area contributed by atoms with E-state index < -0.39 is 15.4 Å². The molecule has 1 aliphatic carbocycles. The Morgan fingerprint density at radius 3 is 2.81 bits per heavy atom. The van der Waals surface area contributed by atoms with Crippen LogP contribution in [-0.2, 0) is 9.84 Å². The third-order valence-corrected chi connectivity index (χ3v) is 6.00. The Morgan fingerprint density at radius 2 is 2.19 bits per heavy atom. The molecule has 0 aromatic heterocycles. The van der Waals surface area contributed by atoms with Crippen molar-refractivity contribution in [1.29, 1.82) is 0 Å². The van der Waals surface area contributed by atoms with Crippen molar-refractivity contribution < 1.29 is 13.2 Å². The van der Waals surface area contributed by atoms with Crippen molar-refractivity contribution in [3.05, 3.63) is 11.6 Å². The van der Waals surface area contributed by atoms with E-state index in [4.69, 9.17) is 0 Å². The topological polar surface area (TPSA) is 87.3 Å². The summed E-state index contributed by atoms with van der Waals surface area (Å²) in [5.74, 6) is 0.237. The molecule has 2 amide bonds. The summed E-state index contributed by atoms with van der Waals surface area (Å²) in [7, 11) is -2.97. The van der Waals surface area contributed by atoms with Crippen molar-refractivity contribution >= 4 is 15.9 Å². The van der Waals surface area contributed by atoms with Gasteiger partial charge in [-0.15, -0.1) is 0 Å². The number of carbonyl (C=O) groups excluding carboxylic acids is 1. The fraction of sp³-hybridized carbons (Fsp3) is 0.786. The quantitative estimate of drug-likeness (QED) is 0.526. The molecule has 0 aromatic rings. The predicted molar refractivity (Wildman–Crippen MR) is 82.5 cm³/mol. The van der Waals surface area contributed by atoms with Crippen LogP contribution in [0.1, 0.15) is 45.4 Å². The molecule has 0 bridgehead atoms. The normalized spacial score (nSPS) is 28.0. The van der Waals surface area contributed by atoms with Gasteiger partial charge in [-0.1, -0.05) is 11.6 Å². The SMILES string of the molecule is C[C@@]1(NNC(=O)NCCC2=CCCCC2)CCS(=O)(=O)C1. The Labute approximate surface area is 126 Å². The smallest absolute Gasteiger partial charge is 0.329 e. The lowest BCUT2D eigenvalue weighted by atomic mass is 9.97. The summed E-state index contributed by atoms with van der Waals surface area (Å²) in [6.45, 7) is 2.42. The molecule has 1 aliphatic heterocycles. The van der Waals surface area contributed by atoms with Gasteiger partial charge in [-0.3, -0.25) is 5.43 Å². The minimum Gasteiger partial charge on any atom is -0.337 e. The zero-order valence-corrected chi connectivity index (χ0v) is 13.4. The number of rotatable bonds is 5. The summed E-state index contributed by atoms with van der Waals surface area (Å²) < 4.78 is 22.9. The highest BCUT2D eigenvalue weighted by atomic mass is 32.2. The van der Waals surface area contributed by atoms with Gasteiger partial charge in [0.15, 0.2) is 9.84 Å². The van der Waals surface area contributed by atoms with Crippen LogP contribution in [0, 0.1) is 0 Å². The molecular formula is C14H25N3O3S. The van der Waals surface area contributed by atoms with Gasteiger partial charge < -0.3 is 5.32 Å². The van der Waals surface area contributed by atoms with E-state index in [0.29, 0.717) is 13.0 Å². The lowest BCUT2D eigenvalue weighted by Crippen LogP contribution is -2.55. The first-order valence-electron chi connectivity index (χ1n) is 7.58. The van der Waals surface area contributed by atoms with E-state index in [9.17, 15) is 13.2 Å². The minimum atomic E-state index is -2.97. The van der Waals surface area contributed by atoms with Gasteiger partial charge in [0.1, 0.15) is 0 Å². The highest BCUT2D eigenvalue weighted by Crippen LogP contribution is 2.22. The van der Waals surface area contributed by atoms with Crippen LogP contribution in [0.4, 0.5) is 4.79 Å². The fourth-order valence-electron chi connectivity index (χ4n) is 2.83. The maximum Gasteiger partial charge on any atom is 0.329 e. The summed E-state index contributed by atoms with van der Waals surface area (Å²) in [4.78, 5) is 11.7. The first-order valence-corrected chi connectivity index (χ1v) is 9.40. The van der Waals surface area contributed by atoms with Gasteiger partial charge in [0.2, 0.25) is 0 Å². The van der Waals surface area contributed by atoms with Crippen LogP contribution in [0.15, 0.2) is 11.6 Å². The summed E-state index contributed by atoms with van der Waals surface area (Å²) in [5.41, 5.74) is 6.26. The van der Waals surface area contributed by atoms with Crippen molar-refractivity contribution in [2.75, 3.05) is 18.1 Å². The lowest BCUT2D eigenvalue weighted by molar-refractivity contribution is 0.228. The second kappa shape index (κ2) is 6.79. The molecule has 2 aliphatic rings. The molecule has 2 rings (SSSR count). The van der Waals surface area contributed by atoms with E-state index in [1.165, 1.54) is 18.4 Å². The molecule has 21 heavy (non-hydrogen) atoms. The Morgan fingerprint density at radius 1 is 1.38 bits per heavy atom. The third kappa shape index (κ3) is 5.32. The highest BCUT2D eigenvalue weighted by Gasteiger charge is 2.38. The van der Waals surface area contributed by atoms with E-state index in [1.54, 1.807) is 0 Å². The van der Waals surface area contributed by atoms with Gasteiger partial charge >= 0.3 is 6.03 Å². The molecule has 1 saturated heterocycles. The summed E-state index contributed by atoms with van der Waals surface area (Å²) in [6, 6.07) is -0.308. The summed E-state index contributed by atoms with van der Waals surface area (Å²) >= 11 is 0. The van der Waals surface area contributed by atoms with Crippen LogP contribution in [-0.4, -0.2) is 38.0 Å². The monoisotopic (exact) mass is 315 g/mol. The average molecular weight is 315 g/mol. The second-order valence-corrected chi connectivity index (χ2v) is 8.45.